The molecule has 1 aliphatic rings. The molecular formula is C32H31NO6S. The third-order valence-electron chi connectivity index (χ3n) is 7.93. The fraction of sp³-hybridized carbons (Fsp3) is 0.281. The van der Waals surface area contributed by atoms with Crippen molar-refractivity contribution < 1.29 is 28.6 Å². The van der Waals surface area contributed by atoms with Crippen molar-refractivity contribution in [1.82, 2.24) is 4.90 Å². The quantitative estimate of drug-likeness (QED) is 0.257. The van der Waals surface area contributed by atoms with Crippen LogP contribution in [0.4, 0.5) is 0 Å². The Bertz CT molecular complexity index is 1570. The van der Waals surface area contributed by atoms with Gasteiger partial charge in [-0.1, -0.05) is 48.0 Å². The van der Waals surface area contributed by atoms with Crippen LogP contribution in [0.5, 0.6) is 5.75 Å². The number of likely N-dealkylation sites (tertiary alicyclic amines) is 1. The van der Waals surface area contributed by atoms with Crippen molar-refractivity contribution in [2.24, 2.45) is 5.92 Å². The summed E-state index contributed by atoms with van der Waals surface area (Å²) in [5, 5.41) is 12.7. The lowest BCUT2D eigenvalue weighted by molar-refractivity contribution is -0.148. The highest BCUT2D eigenvalue weighted by Crippen LogP contribution is 2.57. The maximum absolute atomic E-state index is 14.6. The molecule has 1 fully saturated rings. The van der Waals surface area contributed by atoms with E-state index in [1.165, 1.54) is 16.2 Å². The second-order valence-corrected chi connectivity index (χ2v) is 11.4. The van der Waals surface area contributed by atoms with E-state index in [9.17, 15) is 19.5 Å². The number of Topliss-reactive ketones (excluding diaryl/α,β-unsaturated/α-hetero) is 1. The number of carboxylic acid groups (broad SMARTS) is 1. The zero-order valence-electron chi connectivity index (χ0n) is 23.0. The summed E-state index contributed by atoms with van der Waals surface area (Å²) in [5.41, 5.74) is 0.881. The van der Waals surface area contributed by atoms with Crippen LogP contribution in [-0.2, 0) is 4.79 Å². The van der Waals surface area contributed by atoms with Gasteiger partial charge in [0.15, 0.2) is 5.78 Å². The molecule has 3 heterocycles. The maximum atomic E-state index is 14.6. The summed E-state index contributed by atoms with van der Waals surface area (Å²) in [6.07, 6.45) is 0. The number of aliphatic carboxylic acids is 1. The Morgan fingerprint density at radius 3 is 2.25 bits per heavy atom. The Morgan fingerprint density at radius 1 is 0.975 bits per heavy atom. The molecule has 0 spiro atoms. The molecule has 2 aromatic heterocycles. The fourth-order valence-electron chi connectivity index (χ4n) is 6.13. The van der Waals surface area contributed by atoms with E-state index in [1.54, 1.807) is 75.7 Å². The highest BCUT2D eigenvalue weighted by atomic mass is 32.1. The van der Waals surface area contributed by atoms with Crippen molar-refractivity contribution >= 4 is 29.0 Å². The van der Waals surface area contributed by atoms with Gasteiger partial charge < -0.3 is 19.2 Å². The number of benzene rings is 2. The Balaban J connectivity index is 1.83. The van der Waals surface area contributed by atoms with Crippen LogP contribution in [0, 0.1) is 26.7 Å². The normalized spacial score (nSPS) is 22.3. The topological polar surface area (TPSA) is 97.0 Å². The molecule has 1 saturated heterocycles. The van der Waals surface area contributed by atoms with Crippen LogP contribution < -0.4 is 4.74 Å². The van der Waals surface area contributed by atoms with E-state index in [0.717, 1.165) is 5.56 Å². The van der Waals surface area contributed by atoms with Gasteiger partial charge in [-0.2, -0.15) is 0 Å². The van der Waals surface area contributed by atoms with Gasteiger partial charge in [-0.25, -0.2) is 4.79 Å². The maximum Gasteiger partial charge on any atom is 0.330 e. The summed E-state index contributed by atoms with van der Waals surface area (Å²) >= 11 is 1.24. The minimum absolute atomic E-state index is 0.268. The van der Waals surface area contributed by atoms with Crippen LogP contribution in [-0.4, -0.2) is 40.3 Å². The van der Waals surface area contributed by atoms with E-state index in [4.69, 9.17) is 9.15 Å². The van der Waals surface area contributed by atoms with E-state index >= 15 is 0 Å². The lowest BCUT2D eigenvalue weighted by atomic mass is 9.71. The number of carbonyl (C=O) groups excluding carboxylic acids is 2. The number of thiophene rings is 1. The van der Waals surface area contributed by atoms with Crippen LogP contribution in [0.15, 0.2) is 76.5 Å². The van der Waals surface area contributed by atoms with E-state index in [1.807, 2.05) is 31.2 Å². The van der Waals surface area contributed by atoms with E-state index in [2.05, 4.69) is 0 Å². The highest BCUT2D eigenvalue weighted by molar-refractivity contribution is 7.12. The van der Waals surface area contributed by atoms with Crippen LogP contribution in [0.2, 0.25) is 0 Å². The molecule has 8 heteroatoms. The van der Waals surface area contributed by atoms with Crippen LogP contribution in [0.25, 0.3) is 0 Å². The minimum atomic E-state index is -1.77. The smallest absolute Gasteiger partial charge is 0.330 e. The number of carboxylic acids is 1. The predicted octanol–water partition coefficient (Wildman–Crippen LogP) is 6.60. The number of rotatable bonds is 7. The zero-order valence-corrected chi connectivity index (χ0v) is 23.8. The standard InChI is InChI=1S/C32H31NO6S/c1-18-8-6-9-22(16-18)28-26(29(34)24-17-19(2)39-20(24)3)27(21-11-13-23(38-5)14-12-21)32(4,31(36)37)33(28)30(35)25-10-7-15-40-25/h6-17,26-28H,1-5H3,(H,36,37). The summed E-state index contributed by atoms with van der Waals surface area (Å²) in [6, 6.07) is 18.9. The average Bonchev–Trinajstić information content (AvgIpc) is 3.65. The first-order valence-corrected chi connectivity index (χ1v) is 13.9. The van der Waals surface area contributed by atoms with Crippen molar-refractivity contribution in [2.45, 2.75) is 45.2 Å². The third kappa shape index (κ3) is 4.42. The molecule has 1 aliphatic heterocycles. The monoisotopic (exact) mass is 557 g/mol. The van der Waals surface area contributed by atoms with E-state index < -0.39 is 35.3 Å². The fourth-order valence-corrected chi connectivity index (χ4v) is 6.79. The molecule has 1 amide bonds. The lowest BCUT2D eigenvalue weighted by Gasteiger charge is -2.37. The molecule has 4 unspecified atom stereocenters. The van der Waals surface area contributed by atoms with Crippen molar-refractivity contribution in [2.75, 3.05) is 7.11 Å². The first-order chi connectivity index (χ1) is 19.1. The molecule has 4 atom stereocenters. The van der Waals surface area contributed by atoms with Gasteiger partial charge in [-0.3, -0.25) is 9.59 Å². The highest BCUT2D eigenvalue weighted by Gasteiger charge is 2.65. The number of furan rings is 1. The molecule has 5 rings (SSSR count). The zero-order chi connectivity index (χ0) is 28.8. The number of carbonyl (C=O) groups is 3. The predicted molar refractivity (Wildman–Crippen MR) is 152 cm³/mol. The van der Waals surface area contributed by atoms with Crippen molar-refractivity contribution in [3.05, 3.63) is 111 Å². The van der Waals surface area contributed by atoms with Crippen molar-refractivity contribution in [3.63, 3.8) is 0 Å². The van der Waals surface area contributed by atoms with Crippen LogP contribution in [0.1, 0.15) is 67.1 Å². The van der Waals surface area contributed by atoms with Crippen LogP contribution >= 0.6 is 11.3 Å². The van der Waals surface area contributed by atoms with E-state index in [0.29, 0.717) is 38.8 Å². The third-order valence-corrected chi connectivity index (χ3v) is 8.79. The summed E-state index contributed by atoms with van der Waals surface area (Å²) in [5.74, 6) is -2.05. The number of nitrogens with zero attached hydrogens (tertiary/aromatic N) is 1. The number of aryl methyl sites for hydroxylation is 3. The van der Waals surface area contributed by atoms with Gasteiger partial charge in [0.05, 0.1) is 29.5 Å². The van der Waals surface area contributed by atoms with Crippen molar-refractivity contribution in [3.8, 4) is 5.75 Å². The van der Waals surface area contributed by atoms with Gasteiger partial charge in [0, 0.05) is 5.92 Å². The Labute approximate surface area is 237 Å². The molecular weight excluding hydrogens is 526 g/mol. The van der Waals surface area contributed by atoms with Gasteiger partial charge in [-0.15, -0.1) is 11.3 Å². The van der Waals surface area contributed by atoms with Gasteiger partial charge in [0.25, 0.3) is 5.91 Å². The number of amides is 1. The number of ether oxygens (including phenoxy) is 1. The van der Waals surface area contributed by atoms with Gasteiger partial charge in [-0.05, 0) is 68.5 Å². The first-order valence-electron chi connectivity index (χ1n) is 13.0. The SMILES string of the molecule is COc1ccc(C2C(C(=O)c3cc(C)oc3C)C(c3cccc(C)c3)N(C(=O)c3cccs3)C2(C)C(=O)O)cc1. The summed E-state index contributed by atoms with van der Waals surface area (Å²) < 4.78 is 11.1. The molecule has 0 saturated carbocycles. The molecule has 0 bridgehead atoms. The Hall–Kier alpha value is -4.17. The molecule has 1 N–H and O–H groups in total. The number of ketones is 1. The van der Waals surface area contributed by atoms with Crippen LogP contribution in [0.3, 0.4) is 0 Å². The Morgan fingerprint density at radius 2 is 1.70 bits per heavy atom. The summed E-state index contributed by atoms with van der Waals surface area (Å²) in [6.45, 7) is 6.98. The number of methoxy groups -OCH3 is 1. The summed E-state index contributed by atoms with van der Waals surface area (Å²) in [7, 11) is 1.55. The molecule has 40 heavy (non-hydrogen) atoms. The lowest BCUT2D eigenvalue weighted by Crippen LogP contribution is -2.54. The molecule has 7 nitrogen and oxygen atoms in total. The van der Waals surface area contributed by atoms with Gasteiger partial charge in [0.1, 0.15) is 22.8 Å². The first kappa shape index (κ1) is 27.4. The molecule has 206 valence electrons. The average molecular weight is 558 g/mol. The largest absolute Gasteiger partial charge is 0.497 e. The van der Waals surface area contributed by atoms with Gasteiger partial charge in [0.2, 0.25) is 0 Å². The molecule has 0 radical (unpaired) electrons. The second-order valence-electron chi connectivity index (χ2n) is 10.4. The number of hydrogen-bond acceptors (Lipinski definition) is 6. The minimum Gasteiger partial charge on any atom is -0.497 e. The molecule has 2 aromatic carbocycles. The second kappa shape index (κ2) is 10.4. The summed E-state index contributed by atoms with van der Waals surface area (Å²) in [4.78, 5) is 44.1. The molecule has 4 aromatic rings. The number of hydrogen-bond donors (Lipinski definition) is 1. The molecule has 0 aliphatic carbocycles. The van der Waals surface area contributed by atoms with Gasteiger partial charge >= 0.3 is 5.97 Å². The Kier molecular flexibility index (Phi) is 7.14. The van der Waals surface area contributed by atoms with Crippen molar-refractivity contribution in [1.29, 1.82) is 0 Å². The van der Waals surface area contributed by atoms with E-state index in [-0.39, 0.29) is 5.78 Å².